The van der Waals surface area contributed by atoms with E-state index in [0.717, 1.165) is 11.4 Å². The number of carbonyl (C=O) groups excluding carboxylic acids is 1. The van der Waals surface area contributed by atoms with Crippen LogP contribution in [0.1, 0.15) is 5.69 Å². The maximum atomic E-state index is 11.4. The van der Waals surface area contributed by atoms with Gasteiger partial charge in [0.1, 0.15) is 0 Å². The van der Waals surface area contributed by atoms with Crippen molar-refractivity contribution >= 4 is 11.6 Å². The van der Waals surface area contributed by atoms with E-state index in [1.54, 1.807) is 6.20 Å². The van der Waals surface area contributed by atoms with Crippen molar-refractivity contribution in [1.29, 1.82) is 0 Å². The van der Waals surface area contributed by atoms with Gasteiger partial charge in [0.15, 0.2) is 0 Å². The van der Waals surface area contributed by atoms with E-state index < -0.39 is 0 Å². The van der Waals surface area contributed by atoms with Gasteiger partial charge < -0.3 is 10.1 Å². The fourth-order valence-corrected chi connectivity index (χ4v) is 1.10. The van der Waals surface area contributed by atoms with E-state index in [-0.39, 0.29) is 11.8 Å². The van der Waals surface area contributed by atoms with E-state index >= 15 is 0 Å². The van der Waals surface area contributed by atoms with Crippen molar-refractivity contribution < 1.29 is 9.53 Å². The van der Waals surface area contributed by atoms with Gasteiger partial charge >= 0.3 is 0 Å². The first-order valence-electron chi connectivity index (χ1n) is 4.16. The van der Waals surface area contributed by atoms with Gasteiger partial charge in [-0.1, -0.05) is 0 Å². The monoisotopic (exact) mass is 181 g/mol. The van der Waals surface area contributed by atoms with Crippen molar-refractivity contribution in [3.63, 3.8) is 0 Å². The van der Waals surface area contributed by atoms with Crippen molar-refractivity contribution in [2.45, 2.75) is 6.92 Å². The molecule has 1 saturated heterocycles. The number of hydrogen-bond donors (Lipinski definition) is 2. The number of hydrogen-bond acceptors (Lipinski definition) is 3. The second-order valence-electron chi connectivity index (χ2n) is 3.13. The van der Waals surface area contributed by atoms with Crippen LogP contribution in [-0.2, 0) is 9.53 Å². The molecule has 5 nitrogen and oxygen atoms in total. The van der Waals surface area contributed by atoms with Crippen LogP contribution in [0.15, 0.2) is 6.20 Å². The molecular weight excluding hydrogens is 170 g/mol. The van der Waals surface area contributed by atoms with Gasteiger partial charge in [-0.15, -0.1) is 0 Å². The van der Waals surface area contributed by atoms with Crippen LogP contribution < -0.4 is 5.32 Å². The Bertz CT molecular complexity index is 317. The Kier molecular flexibility index (Phi) is 2.02. The number of nitrogens with zero attached hydrogens (tertiary/aromatic N) is 1. The number of ether oxygens (including phenoxy) is 1. The highest BCUT2D eigenvalue weighted by Gasteiger charge is 2.26. The van der Waals surface area contributed by atoms with Crippen LogP contribution in [0.2, 0.25) is 0 Å². The Balaban J connectivity index is 1.97. The molecule has 0 atom stereocenters. The lowest BCUT2D eigenvalue weighted by molar-refractivity contribution is -0.133. The van der Waals surface area contributed by atoms with Crippen LogP contribution in [0.3, 0.4) is 0 Å². The molecular formula is C8H11N3O2. The molecule has 0 aromatic carbocycles. The summed E-state index contributed by atoms with van der Waals surface area (Å²) in [7, 11) is 0. The summed E-state index contributed by atoms with van der Waals surface area (Å²) in [6.07, 6.45) is 1.60. The van der Waals surface area contributed by atoms with Gasteiger partial charge in [-0.25, -0.2) is 0 Å². The number of aromatic nitrogens is 2. The SMILES string of the molecule is Cc1[nH]ncc1NC(=O)C1COC1. The van der Waals surface area contributed by atoms with Crippen molar-refractivity contribution in [3.05, 3.63) is 11.9 Å². The molecule has 1 amide bonds. The zero-order chi connectivity index (χ0) is 9.26. The molecule has 2 heterocycles. The number of aromatic amines is 1. The minimum Gasteiger partial charge on any atom is -0.380 e. The Morgan fingerprint density at radius 1 is 1.77 bits per heavy atom. The lowest BCUT2D eigenvalue weighted by Crippen LogP contribution is -2.38. The van der Waals surface area contributed by atoms with E-state index in [2.05, 4.69) is 15.5 Å². The number of amides is 1. The lowest BCUT2D eigenvalue weighted by Gasteiger charge is -2.24. The minimum atomic E-state index is 0.00861. The number of H-pyrrole nitrogens is 1. The third-order valence-corrected chi connectivity index (χ3v) is 2.10. The van der Waals surface area contributed by atoms with Gasteiger partial charge in [-0.05, 0) is 6.92 Å². The van der Waals surface area contributed by atoms with Gasteiger partial charge in [0.05, 0.1) is 36.7 Å². The summed E-state index contributed by atoms with van der Waals surface area (Å²) in [5.74, 6) is 0.0186. The molecule has 5 heteroatoms. The van der Waals surface area contributed by atoms with Crippen molar-refractivity contribution in [1.82, 2.24) is 10.2 Å². The van der Waals surface area contributed by atoms with Gasteiger partial charge in [-0.3, -0.25) is 9.89 Å². The molecule has 1 aromatic heterocycles. The molecule has 0 saturated carbocycles. The lowest BCUT2D eigenvalue weighted by atomic mass is 10.1. The van der Waals surface area contributed by atoms with E-state index in [4.69, 9.17) is 4.74 Å². The highest BCUT2D eigenvalue weighted by Crippen LogP contribution is 2.15. The Hall–Kier alpha value is -1.36. The molecule has 2 rings (SSSR count). The van der Waals surface area contributed by atoms with E-state index in [9.17, 15) is 4.79 Å². The Morgan fingerprint density at radius 3 is 3.00 bits per heavy atom. The van der Waals surface area contributed by atoms with Gasteiger partial charge in [0, 0.05) is 0 Å². The van der Waals surface area contributed by atoms with Crippen molar-refractivity contribution in [2.75, 3.05) is 18.5 Å². The molecule has 0 aliphatic carbocycles. The summed E-state index contributed by atoms with van der Waals surface area (Å²) in [6.45, 7) is 2.92. The smallest absolute Gasteiger partial charge is 0.232 e. The number of nitrogens with one attached hydrogen (secondary N) is 2. The second kappa shape index (κ2) is 3.18. The second-order valence-corrected chi connectivity index (χ2v) is 3.13. The molecule has 1 aliphatic rings. The zero-order valence-electron chi connectivity index (χ0n) is 7.33. The normalized spacial score (nSPS) is 16.7. The average Bonchev–Trinajstić information content (AvgIpc) is 2.32. The molecule has 2 N–H and O–H groups in total. The maximum absolute atomic E-state index is 11.4. The van der Waals surface area contributed by atoms with Crippen molar-refractivity contribution in [3.8, 4) is 0 Å². The van der Waals surface area contributed by atoms with Crippen LogP contribution in [0.4, 0.5) is 5.69 Å². The number of carbonyl (C=O) groups is 1. The van der Waals surface area contributed by atoms with Crippen LogP contribution in [0, 0.1) is 12.8 Å². The van der Waals surface area contributed by atoms with E-state index in [1.807, 2.05) is 6.92 Å². The third kappa shape index (κ3) is 1.55. The molecule has 0 radical (unpaired) electrons. The topological polar surface area (TPSA) is 67.0 Å². The van der Waals surface area contributed by atoms with Crippen LogP contribution >= 0.6 is 0 Å². The molecule has 13 heavy (non-hydrogen) atoms. The molecule has 1 fully saturated rings. The molecule has 0 spiro atoms. The fourth-order valence-electron chi connectivity index (χ4n) is 1.10. The van der Waals surface area contributed by atoms with Crippen LogP contribution in [0.5, 0.6) is 0 Å². The maximum Gasteiger partial charge on any atom is 0.232 e. The van der Waals surface area contributed by atoms with Crippen molar-refractivity contribution in [2.24, 2.45) is 5.92 Å². The number of aryl methyl sites for hydroxylation is 1. The van der Waals surface area contributed by atoms with Gasteiger partial charge in [-0.2, -0.15) is 5.10 Å². The third-order valence-electron chi connectivity index (χ3n) is 2.10. The summed E-state index contributed by atoms with van der Waals surface area (Å²) in [6, 6.07) is 0. The molecule has 0 unspecified atom stereocenters. The molecule has 0 bridgehead atoms. The predicted molar refractivity (Wildman–Crippen MR) is 46.3 cm³/mol. The van der Waals surface area contributed by atoms with E-state index in [0.29, 0.717) is 13.2 Å². The van der Waals surface area contributed by atoms with Gasteiger partial charge in [0.2, 0.25) is 5.91 Å². The quantitative estimate of drug-likeness (QED) is 0.689. The fraction of sp³-hybridized carbons (Fsp3) is 0.500. The first kappa shape index (κ1) is 8.25. The largest absolute Gasteiger partial charge is 0.380 e. The minimum absolute atomic E-state index is 0.00861. The molecule has 1 aromatic rings. The Morgan fingerprint density at radius 2 is 2.54 bits per heavy atom. The first-order valence-corrected chi connectivity index (χ1v) is 4.16. The highest BCUT2D eigenvalue weighted by molar-refractivity contribution is 5.93. The van der Waals surface area contributed by atoms with Crippen LogP contribution in [-0.4, -0.2) is 29.3 Å². The van der Waals surface area contributed by atoms with E-state index in [1.165, 1.54) is 0 Å². The summed E-state index contributed by atoms with van der Waals surface area (Å²) < 4.78 is 4.92. The summed E-state index contributed by atoms with van der Waals surface area (Å²) in [5.41, 5.74) is 1.62. The first-order chi connectivity index (χ1) is 6.27. The van der Waals surface area contributed by atoms with Gasteiger partial charge in [0.25, 0.3) is 0 Å². The molecule has 1 aliphatic heterocycles. The predicted octanol–water partition coefficient (Wildman–Crippen LogP) is 0.303. The molecule has 70 valence electrons. The summed E-state index contributed by atoms with van der Waals surface area (Å²) in [5, 5.41) is 9.34. The zero-order valence-corrected chi connectivity index (χ0v) is 7.33. The average molecular weight is 181 g/mol. The standard InChI is InChI=1S/C8H11N3O2/c1-5-7(2-9-11-5)10-8(12)6-3-13-4-6/h2,6H,3-4H2,1H3,(H,9,11)(H,10,12). The number of rotatable bonds is 2. The Labute approximate surface area is 75.5 Å². The summed E-state index contributed by atoms with van der Waals surface area (Å²) >= 11 is 0. The van der Waals surface area contributed by atoms with Crippen LogP contribution in [0.25, 0.3) is 0 Å². The highest BCUT2D eigenvalue weighted by atomic mass is 16.5. The summed E-state index contributed by atoms with van der Waals surface area (Å²) in [4.78, 5) is 11.4. The number of anilines is 1.